The molecule has 0 N–H and O–H groups in total. The minimum absolute atomic E-state index is 0.558. The second-order valence-corrected chi connectivity index (χ2v) is 12.3. The Bertz CT molecular complexity index is 2740. The molecule has 0 aliphatic rings. The van der Waals surface area contributed by atoms with E-state index in [1.807, 2.05) is 30.3 Å². The molecule has 0 saturated carbocycles. The number of fused-ring (bicyclic) bond motifs is 5. The molecule has 0 atom stereocenters. The molecule has 0 bridgehead atoms. The first-order valence-corrected chi connectivity index (χ1v) is 16.3. The second kappa shape index (κ2) is 11.4. The monoisotopic (exact) mass is 621 g/mol. The van der Waals surface area contributed by atoms with E-state index in [0.29, 0.717) is 11.3 Å². The number of hydrogen-bond donors (Lipinski definition) is 0. The normalized spacial score (nSPS) is 11.2. The van der Waals surface area contributed by atoms with E-state index in [1.165, 1.54) is 5.56 Å². The van der Waals surface area contributed by atoms with Crippen molar-refractivity contribution in [1.29, 1.82) is 5.26 Å². The number of nitrogens with zero attached hydrogens (tertiary/aromatic N) is 3. The molecule has 8 aromatic carbocycles. The Morgan fingerprint density at radius 2 is 1.00 bits per heavy atom. The number of hydrogen-bond acceptors (Lipinski definition) is 1. The maximum absolute atomic E-state index is 10.4. The second-order valence-electron chi connectivity index (χ2n) is 12.3. The van der Waals surface area contributed by atoms with Crippen LogP contribution in [0.5, 0.6) is 0 Å². The highest BCUT2D eigenvalue weighted by Gasteiger charge is 2.22. The maximum atomic E-state index is 10.4. The van der Waals surface area contributed by atoms with Crippen molar-refractivity contribution in [2.24, 2.45) is 0 Å². The molecule has 49 heavy (non-hydrogen) atoms. The van der Waals surface area contributed by atoms with E-state index in [1.54, 1.807) is 0 Å². The smallest absolute Gasteiger partial charge is 0.195 e. The quantitative estimate of drug-likeness (QED) is 0.142. The summed E-state index contributed by atoms with van der Waals surface area (Å²) >= 11 is 0. The Hall–Kier alpha value is -6.94. The average Bonchev–Trinajstić information content (AvgIpc) is 3.51. The predicted molar refractivity (Wildman–Crippen MR) is 203 cm³/mol. The van der Waals surface area contributed by atoms with Crippen LogP contribution in [-0.2, 0) is 0 Å². The van der Waals surface area contributed by atoms with Gasteiger partial charge in [0.15, 0.2) is 5.69 Å². The standard InChI is InChI=1S/C46H27N3/c1-48-41-23-13-22-34(32-26-30(29-47)27-33(28-32)49-42-24-11-9-16-35(42)36-17-10-12-25-43(36)49)46(41)45-39-20-7-5-18-37(39)44(31-14-3-2-4-15-31)38-19-6-8-21-40(38)45/h2-28H. The molecule has 9 rings (SSSR count). The number of benzene rings is 8. The molecule has 0 aliphatic heterocycles. The zero-order valence-corrected chi connectivity index (χ0v) is 26.4. The summed E-state index contributed by atoms with van der Waals surface area (Å²) in [6.45, 7) is 8.37. The molecule has 0 spiro atoms. The minimum Gasteiger partial charge on any atom is -0.309 e. The van der Waals surface area contributed by atoms with Crippen LogP contribution < -0.4 is 0 Å². The van der Waals surface area contributed by atoms with E-state index in [-0.39, 0.29) is 0 Å². The molecule has 9 aromatic rings. The van der Waals surface area contributed by atoms with E-state index >= 15 is 0 Å². The third-order valence-corrected chi connectivity index (χ3v) is 9.60. The first kappa shape index (κ1) is 28.3. The molecule has 0 radical (unpaired) electrons. The summed E-state index contributed by atoms with van der Waals surface area (Å²) in [6, 6.07) is 58.8. The van der Waals surface area contributed by atoms with Gasteiger partial charge in [-0.1, -0.05) is 133 Å². The Labute approximate surface area is 284 Å². The van der Waals surface area contributed by atoms with Crippen molar-refractivity contribution in [2.45, 2.75) is 0 Å². The zero-order chi connectivity index (χ0) is 32.9. The van der Waals surface area contributed by atoms with Crippen LogP contribution >= 0.6 is 0 Å². The van der Waals surface area contributed by atoms with Gasteiger partial charge < -0.3 is 4.57 Å². The van der Waals surface area contributed by atoms with Crippen LogP contribution in [0.3, 0.4) is 0 Å². The van der Waals surface area contributed by atoms with Crippen molar-refractivity contribution < 1.29 is 0 Å². The highest BCUT2D eigenvalue weighted by atomic mass is 15.0. The molecule has 226 valence electrons. The lowest BCUT2D eigenvalue weighted by atomic mass is 9.83. The molecular weight excluding hydrogens is 595 g/mol. The zero-order valence-electron chi connectivity index (χ0n) is 26.4. The fraction of sp³-hybridized carbons (Fsp3) is 0. The lowest BCUT2D eigenvalue weighted by Gasteiger charge is -2.21. The van der Waals surface area contributed by atoms with Crippen molar-refractivity contribution >= 4 is 49.0 Å². The summed E-state index contributed by atoms with van der Waals surface area (Å²) in [7, 11) is 0. The molecule has 1 heterocycles. The summed E-state index contributed by atoms with van der Waals surface area (Å²) < 4.78 is 2.24. The number of aromatic nitrogens is 1. The van der Waals surface area contributed by atoms with Crippen molar-refractivity contribution in [3.8, 4) is 45.1 Å². The van der Waals surface area contributed by atoms with Gasteiger partial charge in [-0.3, -0.25) is 0 Å². The Morgan fingerprint density at radius 3 is 1.57 bits per heavy atom. The van der Waals surface area contributed by atoms with Crippen LogP contribution in [0.15, 0.2) is 164 Å². The Morgan fingerprint density at radius 1 is 0.469 bits per heavy atom. The Balaban J connectivity index is 1.39. The van der Waals surface area contributed by atoms with Crippen LogP contribution in [0.25, 0.3) is 87.3 Å². The molecular formula is C46H27N3. The summed E-state index contributed by atoms with van der Waals surface area (Å²) in [5.41, 5.74) is 10.2. The summed E-state index contributed by atoms with van der Waals surface area (Å²) in [5, 5.41) is 17.1. The summed E-state index contributed by atoms with van der Waals surface area (Å²) in [4.78, 5) is 4.10. The van der Waals surface area contributed by atoms with Gasteiger partial charge >= 0.3 is 0 Å². The van der Waals surface area contributed by atoms with E-state index in [0.717, 1.165) is 76.9 Å². The van der Waals surface area contributed by atoms with Crippen LogP contribution in [0.2, 0.25) is 0 Å². The van der Waals surface area contributed by atoms with Crippen LogP contribution in [0, 0.1) is 17.9 Å². The van der Waals surface area contributed by atoms with Gasteiger partial charge in [-0.2, -0.15) is 5.26 Å². The number of para-hydroxylation sites is 2. The number of nitriles is 1. The largest absolute Gasteiger partial charge is 0.309 e. The average molecular weight is 622 g/mol. The molecule has 0 aliphatic carbocycles. The SMILES string of the molecule is [C-]#[N+]c1cccc(-c2cc(C#N)cc(-n3c4ccccc4c4ccccc43)c2)c1-c1c2ccccc2c(-c2ccccc2)c2ccccc12. The van der Waals surface area contributed by atoms with Gasteiger partial charge in [0.25, 0.3) is 0 Å². The third kappa shape index (κ3) is 4.42. The number of rotatable bonds is 4. The van der Waals surface area contributed by atoms with Gasteiger partial charge in [0.1, 0.15) is 0 Å². The van der Waals surface area contributed by atoms with Crippen LogP contribution in [0.4, 0.5) is 5.69 Å². The highest BCUT2D eigenvalue weighted by molar-refractivity contribution is 6.23. The molecule has 0 amide bonds. The van der Waals surface area contributed by atoms with Crippen LogP contribution in [0.1, 0.15) is 5.56 Å². The van der Waals surface area contributed by atoms with Crippen molar-refractivity contribution in [2.75, 3.05) is 0 Å². The van der Waals surface area contributed by atoms with Gasteiger partial charge in [-0.25, -0.2) is 4.85 Å². The van der Waals surface area contributed by atoms with E-state index in [2.05, 4.69) is 149 Å². The minimum atomic E-state index is 0.558. The van der Waals surface area contributed by atoms with Gasteiger partial charge in [-0.15, -0.1) is 0 Å². The van der Waals surface area contributed by atoms with E-state index < -0.39 is 0 Å². The lowest BCUT2D eigenvalue weighted by molar-refractivity contribution is 1.18. The van der Waals surface area contributed by atoms with Crippen LogP contribution in [-0.4, -0.2) is 4.57 Å². The van der Waals surface area contributed by atoms with Gasteiger partial charge in [-0.05, 0) is 85.3 Å². The van der Waals surface area contributed by atoms with Gasteiger partial charge in [0.2, 0.25) is 0 Å². The Kier molecular flexibility index (Phi) is 6.58. The summed E-state index contributed by atoms with van der Waals surface area (Å²) in [5.74, 6) is 0. The van der Waals surface area contributed by atoms with Crippen molar-refractivity contribution in [1.82, 2.24) is 4.57 Å². The van der Waals surface area contributed by atoms with E-state index in [4.69, 9.17) is 6.57 Å². The lowest BCUT2D eigenvalue weighted by Crippen LogP contribution is -1.97. The molecule has 1 aromatic heterocycles. The summed E-state index contributed by atoms with van der Waals surface area (Å²) in [6.07, 6.45) is 0. The fourth-order valence-electron chi connectivity index (χ4n) is 7.61. The molecule has 0 saturated heterocycles. The maximum Gasteiger partial charge on any atom is 0.195 e. The van der Waals surface area contributed by atoms with Gasteiger partial charge in [0.05, 0.1) is 29.2 Å². The third-order valence-electron chi connectivity index (χ3n) is 9.60. The van der Waals surface area contributed by atoms with Crippen molar-refractivity contribution in [3.63, 3.8) is 0 Å². The van der Waals surface area contributed by atoms with E-state index in [9.17, 15) is 5.26 Å². The first-order valence-electron chi connectivity index (χ1n) is 16.3. The molecule has 0 fully saturated rings. The predicted octanol–water partition coefficient (Wildman–Crippen LogP) is 12.5. The molecule has 0 unspecified atom stereocenters. The highest BCUT2D eigenvalue weighted by Crippen LogP contribution is 2.49. The van der Waals surface area contributed by atoms with Crippen molar-refractivity contribution in [3.05, 3.63) is 181 Å². The molecule has 3 heteroatoms. The first-order chi connectivity index (χ1) is 24.2. The fourth-order valence-corrected chi connectivity index (χ4v) is 7.61. The van der Waals surface area contributed by atoms with Gasteiger partial charge in [0, 0.05) is 16.5 Å². The topological polar surface area (TPSA) is 33.1 Å². The molecule has 3 nitrogen and oxygen atoms in total.